The topological polar surface area (TPSA) is 70.1 Å². The maximum atomic E-state index is 13.5. The van der Waals surface area contributed by atoms with Crippen LogP contribution in [-0.2, 0) is 14.3 Å². The molecule has 0 unspecified atom stereocenters. The van der Waals surface area contributed by atoms with E-state index < -0.39 is 0 Å². The molecule has 3 heterocycles. The molecular formula is C23H30N2O4. The Labute approximate surface area is 171 Å². The number of hydrogen-bond donors (Lipinski definition) is 1. The van der Waals surface area contributed by atoms with Gasteiger partial charge in [-0.2, -0.15) is 0 Å². The van der Waals surface area contributed by atoms with Crippen molar-refractivity contribution in [1.29, 1.82) is 0 Å². The molecule has 2 amide bonds. The molecule has 4 fully saturated rings. The van der Waals surface area contributed by atoms with E-state index >= 15 is 0 Å². The SMILES string of the molecule is O=C(CC1CC1)N1CC2(C1)[C@H](c1ccccc1)[C@@H](CO)N2C(=O)C1CCOCC1. The van der Waals surface area contributed by atoms with E-state index in [9.17, 15) is 14.7 Å². The first-order valence-electron chi connectivity index (χ1n) is 11.0. The summed E-state index contributed by atoms with van der Waals surface area (Å²) in [6.07, 6.45) is 4.45. The van der Waals surface area contributed by atoms with E-state index in [0.717, 1.165) is 31.2 Å². The van der Waals surface area contributed by atoms with E-state index in [1.807, 2.05) is 28.0 Å². The lowest BCUT2D eigenvalue weighted by molar-refractivity contribution is -0.207. The fourth-order valence-corrected chi connectivity index (χ4v) is 5.65. The monoisotopic (exact) mass is 398 g/mol. The summed E-state index contributed by atoms with van der Waals surface area (Å²) < 4.78 is 5.44. The van der Waals surface area contributed by atoms with Crippen molar-refractivity contribution in [2.75, 3.05) is 32.9 Å². The largest absolute Gasteiger partial charge is 0.394 e. The number of aliphatic hydroxyl groups is 1. The van der Waals surface area contributed by atoms with Crippen LogP contribution in [0.3, 0.4) is 0 Å². The second-order valence-corrected chi connectivity index (χ2v) is 9.23. The summed E-state index contributed by atoms with van der Waals surface area (Å²) in [4.78, 5) is 30.0. The van der Waals surface area contributed by atoms with E-state index in [-0.39, 0.29) is 41.8 Å². The Kier molecular flexibility index (Phi) is 4.87. The van der Waals surface area contributed by atoms with Crippen LogP contribution in [0.4, 0.5) is 0 Å². The van der Waals surface area contributed by atoms with E-state index in [1.165, 1.54) is 0 Å². The Balaban J connectivity index is 1.40. The minimum absolute atomic E-state index is 0.0392. The summed E-state index contributed by atoms with van der Waals surface area (Å²) in [7, 11) is 0. The van der Waals surface area contributed by atoms with Crippen molar-refractivity contribution in [2.24, 2.45) is 11.8 Å². The zero-order valence-electron chi connectivity index (χ0n) is 16.8. The van der Waals surface area contributed by atoms with Gasteiger partial charge in [0.15, 0.2) is 0 Å². The smallest absolute Gasteiger partial charge is 0.226 e. The molecule has 1 N–H and O–H groups in total. The highest BCUT2D eigenvalue weighted by Crippen LogP contribution is 2.55. The summed E-state index contributed by atoms with van der Waals surface area (Å²) in [5, 5.41) is 10.2. The van der Waals surface area contributed by atoms with Crippen LogP contribution in [0.15, 0.2) is 30.3 Å². The maximum absolute atomic E-state index is 13.5. The minimum atomic E-state index is -0.372. The number of nitrogens with zero attached hydrogens (tertiary/aromatic N) is 2. The molecule has 0 aromatic heterocycles. The summed E-state index contributed by atoms with van der Waals surface area (Å²) in [5.41, 5.74) is 0.778. The zero-order valence-corrected chi connectivity index (χ0v) is 16.8. The first-order valence-corrected chi connectivity index (χ1v) is 11.0. The van der Waals surface area contributed by atoms with Gasteiger partial charge in [0.1, 0.15) is 0 Å². The van der Waals surface area contributed by atoms with Gasteiger partial charge in [-0.15, -0.1) is 0 Å². The lowest BCUT2D eigenvalue weighted by atomic mass is 9.60. The molecule has 6 nitrogen and oxygen atoms in total. The Bertz CT molecular complexity index is 766. The van der Waals surface area contributed by atoms with Crippen molar-refractivity contribution in [3.8, 4) is 0 Å². The molecule has 1 aromatic rings. The van der Waals surface area contributed by atoms with Crippen LogP contribution in [0.1, 0.15) is 43.6 Å². The van der Waals surface area contributed by atoms with Gasteiger partial charge in [0.2, 0.25) is 11.8 Å². The second kappa shape index (κ2) is 7.40. The van der Waals surface area contributed by atoms with E-state index in [0.29, 0.717) is 38.6 Å². The molecule has 1 spiro atoms. The first kappa shape index (κ1) is 19.1. The molecule has 4 aliphatic rings. The standard InChI is InChI=1S/C23H30N2O4/c26-13-19-21(17-4-2-1-3-5-17)23(14-24(15-23)20(27)12-16-6-7-16)25(19)22(28)18-8-10-29-11-9-18/h1-5,16,18-19,21,26H,6-15H2/t19-,21-/m1/s1. The predicted molar refractivity (Wildman–Crippen MR) is 107 cm³/mol. The number of amides is 2. The molecule has 3 saturated heterocycles. The van der Waals surface area contributed by atoms with Crippen molar-refractivity contribution in [3.63, 3.8) is 0 Å². The number of benzene rings is 1. The molecule has 5 rings (SSSR count). The number of carbonyl (C=O) groups excluding carboxylic acids is 2. The molecule has 6 heteroatoms. The molecule has 1 aromatic carbocycles. The Morgan fingerprint density at radius 3 is 2.38 bits per heavy atom. The molecule has 3 aliphatic heterocycles. The molecule has 1 aliphatic carbocycles. The van der Waals surface area contributed by atoms with Crippen molar-refractivity contribution >= 4 is 11.8 Å². The second-order valence-electron chi connectivity index (χ2n) is 9.23. The Hall–Kier alpha value is -1.92. The molecule has 2 atom stereocenters. The normalized spacial score (nSPS) is 28.7. The van der Waals surface area contributed by atoms with Crippen LogP contribution in [0, 0.1) is 11.8 Å². The van der Waals surface area contributed by atoms with E-state index in [4.69, 9.17) is 4.74 Å². The van der Waals surface area contributed by atoms with Gasteiger partial charge in [-0.05, 0) is 37.2 Å². The van der Waals surface area contributed by atoms with Gasteiger partial charge in [0, 0.05) is 44.6 Å². The third-order valence-corrected chi connectivity index (χ3v) is 7.37. The first-order chi connectivity index (χ1) is 14.1. The van der Waals surface area contributed by atoms with Gasteiger partial charge in [-0.3, -0.25) is 9.59 Å². The van der Waals surface area contributed by atoms with Crippen molar-refractivity contribution in [1.82, 2.24) is 9.80 Å². The van der Waals surface area contributed by atoms with Crippen molar-refractivity contribution in [2.45, 2.75) is 49.6 Å². The van der Waals surface area contributed by atoms with Gasteiger partial charge < -0.3 is 19.6 Å². The Morgan fingerprint density at radius 2 is 1.76 bits per heavy atom. The van der Waals surface area contributed by atoms with Gasteiger partial charge in [-0.25, -0.2) is 0 Å². The number of likely N-dealkylation sites (tertiary alicyclic amines) is 2. The number of hydrogen-bond acceptors (Lipinski definition) is 4. The van der Waals surface area contributed by atoms with Crippen molar-refractivity contribution < 1.29 is 19.4 Å². The lowest BCUT2D eigenvalue weighted by Gasteiger charge is -2.71. The number of rotatable bonds is 5. The van der Waals surface area contributed by atoms with Crippen LogP contribution < -0.4 is 0 Å². The van der Waals surface area contributed by atoms with Gasteiger partial charge >= 0.3 is 0 Å². The molecular weight excluding hydrogens is 368 g/mol. The average molecular weight is 399 g/mol. The third kappa shape index (κ3) is 3.17. The lowest BCUT2D eigenvalue weighted by Crippen LogP contribution is -2.86. The predicted octanol–water partition coefficient (Wildman–Crippen LogP) is 1.78. The molecule has 156 valence electrons. The summed E-state index contributed by atoms with van der Waals surface area (Å²) >= 11 is 0. The highest BCUT2D eigenvalue weighted by molar-refractivity contribution is 5.84. The van der Waals surface area contributed by atoms with Crippen molar-refractivity contribution in [3.05, 3.63) is 35.9 Å². The molecule has 29 heavy (non-hydrogen) atoms. The Morgan fingerprint density at radius 1 is 1.07 bits per heavy atom. The fraction of sp³-hybridized carbons (Fsp3) is 0.652. The summed E-state index contributed by atoms with van der Waals surface area (Å²) in [5.74, 6) is 0.949. The highest BCUT2D eigenvalue weighted by Gasteiger charge is 2.68. The molecule has 1 saturated carbocycles. The van der Waals surface area contributed by atoms with E-state index in [1.54, 1.807) is 0 Å². The van der Waals surface area contributed by atoms with Gasteiger partial charge in [0.25, 0.3) is 0 Å². The molecule has 0 radical (unpaired) electrons. The minimum Gasteiger partial charge on any atom is -0.394 e. The highest BCUT2D eigenvalue weighted by atomic mass is 16.5. The zero-order chi connectivity index (χ0) is 20.0. The van der Waals surface area contributed by atoms with Gasteiger partial charge in [0.05, 0.1) is 18.2 Å². The summed E-state index contributed by atoms with van der Waals surface area (Å²) in [6, 6.07) is 9.96. The third-order valence-electron chi connectivity index (χ3n) is 7.37. The number of carbonyl (C=O) groups is 2. The maximum Gasteiger partial charge on any atom is 0.226 e. The van der Waals surface area contributed by atoms with Crippen LogP contribution >= 0.6 is 0 Å². The average Bonchev–Trinajstić information content (AvgIpc) is 3.52. The fourth-order valence-electron chi connectivity index (χ4n) is 5.65. The van der Waals surface area contributed by atoms with Crippen LogP contribution in [0.5, 0.6) is 0 Å². The number of ether oxygens (including phenoxy) is 1. The molecule has 0 bridgehead atoms. The summed E-state index contributed by atoms with van der Waals surface area (Å²) in [6.45, 7) is 2.36. The number of aliphatic hydroxyl groups excluding tert-OH is 1. The van der Waals surface area contributed by atoms with E-state index in [2.05, 4.69) is 12.1 Å². The van der Waals surface area contributed by atoms with Crippen LogP contribution in [0.25, 0.3) is 0 Å². The van der Waals surface area contributed by atoms with Crippen LogP contribution in [-0.4, -0.2) is 71.2 Å². The quantitative estimate of drug-likeness (QED) is 0.821. The van der Waals surface area contributed by atoms with Crippen LogP contribution in [0.2, 0.25) is 0 Å². The van der Waals surface area contributed by atoms with Gasteiger partial charge in [-0.1, -0.05) is 30.3 Å².